The number of nitriles is 1. The summed E-state index contributed by atoms with van der Waals surface area (Å²) in [7, 11) is 0. The summed E-state index contributed by atoms with van der Waals surface area (Å²) in [6.45, 7) is 2.94. The second-order valence-corrected chi connectivity index (χ2v) is 1.33. The lowest BCUT2D eigenvalue weighted by molar-refractivity contribution is 0.0500. The number of hydrogen-bond acceptors (Lipinski definition) is 3. The van der Waals surface area contributed by atoms with E-state index in [1.54, 1.807) is 0 Å². The van der Waals surface area contributed by atoms with Crippen molar-refractivity contribution in [3.63, 3.8) is 0 Å². The molecule has 0 unspecified atom stereocenters. The molecule has 0 aromatic rings. The summed E-state index contributed by atoms with van der Waals surface area (Å²) < 4.78 is 0. The number of rotatable bonds is 4. The molecule has 0 aliphatic carbocycles. The second-order valence-electron chi connectivity index (χ2n) is 1.33. The Labute approximate surface area is 49.2 Å². The van der Waals surface area contributed by atoms with Crippen molar-refractivity contribution in [1.29, 1.82) is 5.26 Å². The fraction of sp³-hybridized carbons (Fsp3) is 0.800. The Morgan fingerprint density at radius 3 is 3.00 bits per heavy atom. The zero-order chi connectivity index (χ0) is 6.24. The molecule has 3 nitrogen and oxygen atoms in total. The minimum atomic E-state index is 0.264. The number of hydrogen-bond donors (Lipinski definition) is 1. The normalized spacial score (nSPS) is 8.50. The summed E-state index contributed by atoms with van der Waals surface area (Å²) in [5, 5.41) is 7.97. The van der Waals surface area contributed by atoms with E-state index in [9.17, 15) is 0 Å². The average molecular weight is 114 g/mol. The first-order valence-electron chi connectivity index (χ1n) is 2.63. The van der Waals surface area contributed by atoms with E-state index in [4.69, 9.17) is 10.1 Å². The first kappa shape index (κ1) is 7.41. The van der Waals surface area contributed by atoms with Gasteiger partial charge in [0.25, 0.3) is 0 Å². The maximum absolute atomic E-state index is 7.97. The van der Waals surface area contributed by atoms with Gasteiger partial charge in [-0.3, -0.25) is 0 Å². The van der Waals surface area contributed by atoms with Crippen LogP contribution in [0.4, 0.5) is 0 Å². The molecule has 0 amide bonds. The minimum Gasteiger partial charge on any atom is -0.301 e. The van der Waals surface area contributed by atoms with Crippen LogP contribution in [0.3, 0.4) is 0 Å². The average Bonchev–Trinajstić information content (AvgIpc) is 1.81. The van der Waals surface area contributed by atoms with Gasteiger partial charge >= 0.3 is 0 Å². The molecule has 1 N–H and O–H groups in total. The first-order valence-corrected chi connectivity index (χ1v) is 2.63. The quantitative estimate of drug-likeness (QED) is 0.327. The Bertz CT molecular complexity index is 77.0. The zero-order valence-electron chi connectivity index (χ0n) is 4.98. The van der Waals surface area contributed by atoms with Crippen molar-refractivity contribution in [1.82, 2.24) is 5.48 Å². The highest BCUT2D eigenvalue weighted by molar-refractivity contribution is 4.68. The summed E-state index contributed by atoms with van der Waals surface area (Å²) in [4.78, 5) is 4.75. The van der Waals surface area contributed by atoms with Gasteiger partial charge in [-0.15, -0.1) is 0 Å². The Morgan fingerprint density at radius 1 is 1.75 bits per heavy atom. The fourth-order valence-corrected chi connectivity index (χ4v) is 0.258. The highest BCUT2D eigenvalue weighted by atomic mass is 16.6. The smallest absolute Gasteiger partial charge is 0.108 e. The van der Waals surface area contributed by atoms with E-state index in [0.29, 0.717) is 6.61 Å². The van der Waals surface area contributed by atoms with Crippen LogP contribution in [0.1, 0.15) is 13.3 Å². The molecule has 8 heavy (non-hydrogen) atoms. The van der Waals surface area contributed by atoms with Gasteiger partial charge in [0, 0.05) is 0 Å². The Balaban J connectivity index is 2.65. The van der Waals surface area contributed by atoms with Crippen LogP contribution in [0, 0.1) is 11.3 Å². The fourth-order valence-electron chi connectivity index (χ4n) is 0.258. The van der Waals surface area contributed by atoms with Gasteiger partial charge < -0.3 is 4.84 Å². The predicted molar refractivity (Wildman–Crippen MR) is 29.9 cm³/mol. The van der Waals surface area contributed by atoms with Crippen molar-refractivity contribution in [3.8, 4) is 6.07 Å². The third-order valence-electron chi connectivity index (χ3n) is 0.559. The second kappa shape index (κ2) is 6.41. The van der Waals surface area contributed by atoms with E-state index in [1.165, 1.54) is 0 Å². The highest BCUT2D eigenvalue weighted by Crippen LogP contribution is 1.72. The third-order valence-corrected chi connectivity index (χ3v) is 0.559. The molecule has 0 aromatic heterocycles. The predicted octanol–water partition coefficient (Wildman–Crippen LogP) is 0.441. The van der Waals surface area contributed by atoms with E-state index < -0.39 is 0 Å². The minimum absolute atomic E-state index is 0.264. The van der Waals surface area contributed by atoms with Gasteiger partial charge in [0.2, 0.25) is 0 Å². The van der Waals surface area contributed by atoms with Crippen LogP contribution in [-0.2, 0) is 4.84 Å². The lowest BCUT2D eigenvalue weighted by atomic mass is 10.5. The van der Waals surface area contributed by atoms with Crippen molar-refractivity contribution < 1.29 is 4.84 Å². The van der Waals surface area contributed by atoms with E-state index in [0.717, 1.165) is 6.42 Å². The van der Waals surface area contributed by atoms with Crippen molar-refractivity contribution in [2.24, 2.45) is 0 Å². The van der Waals surface area contributed by atoms with Gasteiger partial charge in [0.15, 0.2) is 0 Å². The highest BCUT2D eigenvalue weighted by Gasteiger charge is 1.79. The molecule has 46 valence electrons. The molecule has 0 heterocycles. The monoisotopic (exact) mass is 114 g/mol. The van der Waals surface area contributed by atoms with E-state index in [-0.39, 0.29) is 6.54 Å². The van der Waals surface area contributed by atoms with E-state index in [1.807, 2.05) is 13.0 Å². The van der Waals surface area contributed by atoms with E-state index in [2.05, 4.69) is 5.48 Å². The molecule has 0 saturated heterocycles. The van der Waals surface area contributed by atoms with Gasteiger partial charge in [0.05, 0.1) is 12.7 Å². The van der Waals surface area contributed by atoms with Gasteiger partial charge in [0.1, 0.15) is 6.54 Å². The molecule has 3 heteroatoms. The molecule has 0 radical (unpaired) electrons. The Hall–Kier alpha value is -0.590. The van der Waals surface area contributed by atoms with Crippen LogP contribution in [-0.4, -0.2) is 13.2 Å². The van der Waals surface area contributed by atoms with E-state index >= 15 is 0 Å². The van der Waals surface area contributed by atoms with Crippen molar-refractivity contribution >= 4 is 0 Å². The third kappa shape index (κ3) is 5.41. The molecule has 0 aromatic carbocycles. The number of nitrogens with one attached hydrogen (secondary N) is 1. The topological polar surface area (TPSA) is 45.0 Å². The zero-order valence-corrected chi connectivity index (χ0v) is 4.98. The maximum atomic E-state index is 7.97. The van der Waals surface area contributed by atoms with Crippen LogP contribution < -0.4 is 5.48 Å². The summed E-state index contributed by atoms with van der Waals surface area (Å²) in [5.74, 6) is 0. The van der Waals surface area contributed by atoms with Crippen molar-refractivity contribution in [2.45, 2.75) is 13.3 Å². The number of nitrogens with zero attached hydrogens (tertiary/aromatic N) is 1. The van der Waals surface area contributed by atoms with Crippen LogP contribution in [0.15, 0.2) is 0 Å². The molecule has 0 fully saturated rings. The van der Waals surface area contributed by atoms with Gasteiger partial charge in [-0.05, 0) is 6.42 Å². The Morgan fingerprint density at radius 2 is 2.50 bits per heavy atom. The molecule has 0 spiro atoms. The van der Waals surface area contributed by atoms with Crippen LogP contribution in [0.25, 0.3) is 0 Å². The molecule has 0 aliphatic rings. The van der Waals surface area contributed by atoms with Crippen molar-refractivity contribution in [3.05, 3.63) is 0 Å². The van der Waals surface area contributed by atoms with Crippen LogP contribution >= 0.6 is 0 Å². The lowest BCUT2D eigenvalue weighted by Gasteiger charge is -1.96. The molecule has 0 bridgehead atoms. The molecule has 0 rings (SSSR count). The summed E-state index contributed by atoms with van der Waals surface area (Å²) in [6, 6.07) is 1.89. The lowest BCUT2D eigenvalue weighted by Crippen LogP contribution is -2.14. The molecular weight excluding hydrogens is 104 g/mol. The summed E-state index contributed by atoms with van der Waals surface area (Å²) in [5.41, 5.74) is 2.47. The van der Waals surface area contributed by atoms with Crippen molar-refractivity contribution in [2.75, 3.05) is 13.2 Å². The van der Waals surface area contributed by atoms with Gasteiger partial charge in [-0.25, -0.2) is 0 Å². The molecule has 0 aliphatic heterocycles. The van der Waals surface area contributed by atoms with Crippen LogP contribution in [0.2, 0.25) is 0 Å². The molecule has 0 saturated carbocycles. The van der Waals surface area contributed by atoms with Gasteiger partial charge in [-0.1, -0.05) is 6.92 Å². The van der Waals surface area contributed by atoms with Gasteiger partial charge in [-0.2, -0.15) is 10.7 Å². The first-order chi connectivity index (χ1) is 3.91. The van der Waals surface area contributed by atoms with Crippen LogP contribution in [0.5, 0.6) is 0 Å². The Kier molecular flexibility index (Phi) is 5.94. The summed E-state index contributed by atoms with van der Waals surface area (Å²) >= 11 is 0. The number of hydroxylamine groups is 1. The standard InChI is InChI=1S/C5H10N2O/c1-2-5-8-7-4-3-6/h7H,2,4-5H2,1H3. The summed E-state index contributed by atoms with van der Waals surface area (Å²) in [6.07, 6.45) is 0.971. The maximum Gasteiger partial charge on any atom is 0.108 e. The molecular formula is C5H10N2O. The SMILES string of the molecule is CCCONCC#N. The molecule has 0 atom stereocenters. The largest absolute Gasteiger partial charge is 0.301 e.